The van der Waals surface area contributed by atoms with E-state index in [2.05, 4.69) is 19.2 Å². The van der Waals surface area contributed by atoms with E-state index in [1.165, 1.54) is 19.3 Å². The molecule has 1 atom stereocenters. The van der Waals surface area contributed by atoms with Crippen LogP contribution in [0.25, 0.3) is 0 Å². The molecule has 0 radical (unpaired) electrons. The summed E-state index contributed by atoms with van der Waals surface area (Å²) in [6, 6.07) is 0.431. The lowest BCUT2D eigenvalue weighted by molar-refractivity contribution is -0.123. The Morgan fingerprint density at radius 1 is 1.31 bits per heavy atom. The number of carbonyl (C=O) groups is 1. The fourth-order valence-electron chi connectivity index (χ4n) is 2.23. The van der Waals surface area contributed by atoms with Gasteiger partial charge in [-0.05, 0) is 31.1 Å². The van der Waals surface area contributed by atoms with Crippen molar-refractivity contribution in [1.29, 1.82) is 0 Å². The summed E-state index contributed by atoms with van der Waals surface area (Å²) in [7, 11) is 0. The molecule has 0 aromatic rings. The van der Waals surface area contributed by atoms with E-state index in [4.69, 9.17) is 0 Å². The van der Waals surface area contributed by atoms with Gasteiger partial charge in [0.05, 0.1) is 0 Å². The van der Waals surface area contributed by atoms with Gasteiger partial charge in [0.25, 0.3) is 0 Å². The molecule has 0 saturated heterocycles. The Hall–Kier alpha value is -0.530. The van der Waals surface area contributed by atoms with Gasteiger partial charge in [0.15, 0.2) is 0 Å². The Labute approximate surface area is 80.1 Å². The Balaban J connectivity index is 1.89. The van der Waals surface area contributed by atoms with Gasteiger partial charge in [-0.2, -0.15) is 0 Å². The van der Waals surface area contributed by atoms with Crippen molar-refractivity contribution >= 4 is 5.91 Å². The molecule has 2 nitrogen and oxygen atoms in total. The Bertz CT molecular complexity index is 218. The van der Waals surface area contributed by atoms with Crippen LogP contribution in [-0.4, -0.2) is 11.9 Å². The number of rotatable bonds is 2. The quantitative estimate of drug-likeness (QED) is 0.694. The molecule has 74 valence electrons. The molecule has 0 aliphatic heterocycles. The highest BCUT2D eigenvalue weighted by Crippen LogP contribution is 2.38. The van der Waals surface area contributed by atoms with E-state index in [1.54, 1.807) is 0 Å². The molecule has 0 heterocycles. The highest BCUT2D eigenvalue weighted by molar-refractivity contribution is 5.81. The molecule has 2 aliphatic carbocycles. The minimum Gasteiger partial charge on any atom is -0.353 e. The van der Waals surface area contributed by atoms with Gasteiger partial charge in [-0.1, -0.05) is 20.3 Å². The van der Waals surface area contributed by atoms with Gasteiger partial charge in [-0.15, -0.1) is 0 Å². The number of hydrogen-bond donors (Lipinski definition) is 1. The maximum Gasteiger partial charge on any atom is 0.223 e. The molecule has 1 N–H and O–H groups in total. The molecule has 1 amide bonds. The van der Waals surface area contributed by atoms with E-state index in [0.717, 1.165) is 12.8 Å². The van der Waals surface area contributed by atoms with Crippen molar-refractivity contribution in [2.75, 3.05) is 0 Å². The molecule has 2 heteroatoms. The lowest BCUT2D eigenvalue weighted by Crippen LogP contribution is -2.42. The monoisotopic (exact) mass is 181 g/mol. The number of nitrogens with one attached hydrogen (secondary N) is 1. The largest absolute Gasteiger partial charge is 0.353 e. The lowest BCUT2D eigenvalue weighted by Gasteiger charge is -2.27. The Morgan fingerprint density at radius 3 is 2.46 bits per heavy atom. The summed E-state index contributed by atoms with van der Waals surface area (Å²) in [6.07, 6.45) is 5.91. The molecular formula is C11H19NO. The third-order valence-electron chi connectivity index (χ3n) is 3.52. The van der Waals surface area contributed by atoms with Crippen LogP contribution >= 0.6 is 0 Å². The summed E-state index contributed by atoms with van der Waals surface area (Å²) < 4.78 is 0. The molecular weight excluding hydrogens is 162 g/mol. The molecule has 0 aromatic carbocycles. The van der Waals surface area contributed by atoms with Crippen molar-refractivity contribution in [1.82, 2.24) is 5.32 Å². The second-order valence-electron chi connectivity index (χ2n) is 5.22. The molecule has 0 bridgehead atoms. The zero-order valence-corrected chi connectivity index (χ0v) is 8.60. The van der Waals surface area contributed by atoms with E-state index < -0.39 is 0 Å². The highest BCUT2D eigenvalue weighted by atomic mass is 16.2. The van der Waals surface area contributed by atoms with Crippen LogP contribution in [0.15, 0.2) is 0 Å². The summed E-state index contributed by atoms with van der Waals surface area (Å²) in [5.74, 6) is 0.663. The van der Waals surface area contributed by atoms with Crippen LogP contribution in [0.3, 0.4) is 0 Å². The third kappa shape index (κ3) is 1.87. The van der Waals surface area contributed by atoms with E-state index in [1.807, 2.05) is 0 Å². The first-order valence-corrected chi connectivity index (χ1v) is 5.40. The second-order valence-corrected chi connectivity index (χ2v) is 5.22. The topological polar surface area (TPSA) is 29.1 Å². The highest BCUT2D eigenvalue weighted by Gasteiger charge is 2.38. The van der Waals surface area contributed by atoms with Crippen molar-refractivity contribution < 1.29 is 4.79 Å². The smallest absolute Gasteiger partial charge is 0.223 e. The standard InChI is InChI=1S/C11H19NO/c1-11(2)7-3-4-9(11)12-10(13)8-5-6-8/h8-9H,3-7H2,1-2H3,(H,12,13). The molecule has 2 aliphatic rings. The summed E-state index contributed by atoms with van der Waals surface area (Å²) in [4.78, 5) is 11.5. The van der Waals surface area contributed by atoms with Gasteiger partial charge < -0.3 is 5.32 Å². The van der Waals surface area contributed by atoms with Gasteiger partial charge in [-0.3, -0.25) is 4.79 Å². The summed E-state index contributed by atoms with van der Waals surface area (Å²) in [5.41, 5.74) is 0.324. The van der Waals surface area contributed by atoms with Crippen LogP contribution in [0.5, 0.6) is 0 Å². The molecule has 2 fully saturated rings. The van der Waals surface area contributed by atoms with Gasteiger partial charge >= 0.3 is 0 Å². The maximum absolute atomic E-state index is 11.5. The van der Waals surface area contributed by atoms with Gasteiger partial charge in [0.1, 0.15) is 0 Å². The van der Waals surface area contributed by atoms with E-state index in [0.29, 0.717) is 23.3 Å². The average molecular weight is 181 g/mol. The zero-order valence-electron chi connectivity index (χ0n) is 8.60. The van der Waals surface area contributed by atoms with Crippen molar-refractivity contribution in [3.8, 4) is 0 Å². The third-order valence-corrected chi connectivity index (χ3v) is 3.52. The first-order valence-electron chi connectivity index (χ1n) is 5.40. The molecule has 2 saturated carbocycles. The number of hydrogen-bond acceptors (Lipinski definition) is 1. The second kappa shape index (κ2) is 3.00. The molecule has 1 unspecified atom stereocenters. The van der Waals surface area contributed by atoms with Gasteiger partial charge in [-0.25, -0.2) is 0 Å². The molecule has 0 spiro atoms. The van der Waals surface area contributed by atoms with E-state index in [-0.39, 0.29) is 0 Å². The Morgan fingerprint density at radius 2 is 2.00 bits per heavy atom. The average Bonchev–Trinajstić information content (AvgIpc) is 2.80. The number of carbonyl (C=O) groups excluding carboxylic acids is 1. The molecule has 2 rings (SSSR count). The maximum atomic E-state index is 11.5. The lowest BCUT2D eigenvalue weighted by atomic mass is 9.87. The van der Waals surface area contributed by atoms with Crippen molar-refractivity contribution in [3.63, 3.8) is 0 Å². The SMILES string of the molecule is CC1(C)CCCC1NC(=O)C1CC1. The van der Waals surface area contributed by atoms with Crippen molar-refractivity contribution in [3.05, 3.63) is 0 Å². The molecule has 13 heavy (non-hydrogen) atoms. The Kier molecular flexibility index (Phi) is 2.09. The van der Waals surface area contributed by atoms with Crippen LogP contribution in [0, 0.1) is 11.3 Å². The van der Waals surface area contributed by atoms with Crippen LogP contribution < -0.4 is 5.32 Å². The predicted octanol–water partition coefficient (Wildman–Crippen LogP) is 2.09. The first kappa shape index (κ1) is 9.04. The fraction of sp³-hybridized carbons (Fsp3) is 0.909. The first-order chi connectivity index (χ1) is 6.09. The minimum atomic E-state index is 0.306. The van der Waals surface area contributed by atoms with Crippen LogP contribution in [0.4, 0.5) is 0 Å². The van der Waals surface area contributed by atoms with Gasteiger partial charge in [0.2, 0.25) is 5.91 Å². The minimum absolute atomic E-state index is 0.306. The van der Waals surface area contributed by atoms with Crippen LogP contribution in [-0.2, 0) is 4.79 Å². The van der Waals surface area contributed by atoms with Crippen molar-refractivity contribution in [2.45, 2.75) is 52.0 Å². The normalized spacial score (nSPS) is 31.7. The van der Waals surface area contributed by atoms with E-state index in [9.17, 15) is 4.79 Å². The van der Waals surface area contributed by atoms with E-state index >= 15 is 0 Å². The fourth-order valence-corrected chi connectivity index (χ4v) is 2.23. The number of amides is 1. The summed E-state index contributed by atoms with van der Waals surface area (Å²) in [6.45, 7) is 4.52. The summed E-state index contributed by atoms with van der Waals surface area (Å²) in [5, 5.41) is 3.19. The van der Waals surface area contributed by atoms with Gasteiger partial charge in [0, 0.05) is 12.0 Å². The van der Waals surface area contributed by atoms with Crippen LogP contribution in [0.1, 0.15) is 46.0 Å². The molecule has 0 aromatic heterocycles. The zero-order chi connectivity index (χ0) is 9.47. The van der Waals surface area contributed by atoms with Crippen molar-refractivity contribution in [2.24, 2.45) is 11.3 Å². The summed E-state index contributed by atoms with van der Waals surface area (Å²) >= 11 is 0. The predicted molar refractivity (Wildman–Crippen MR) is 52.3 cm³/mol. The van der Waals surface area contributed by atoms with Crippen LogP contribution in [0.2, 0.25) is 0 Å².